The van der Waals surface area contributed by atoms with Gasteiger partial charge in [-0.15, -0.1) is 0 Å². The van der Waals surface area contributed by atoms with Crippen LogP contribution < -0.4 is 15.5 Å². The summed E-state index contributed by atoms with van der Waals surface area (Å²) in [6, 6.07) is 10.9. The van der Waals surface area contributed by atoms with E-state index >= 15 is 0 Å². The molecule has 1 saturated heterocycles. The molecule has 33 heavy (non-hydrogen) atoms. The fraction of sp³-hybridized carbons (Fsp3) is 0.333. The molecule has 174 valence electrons. The van der Waals surface area contributed by atoms with E-state index in [4.69, 9.17) is 4.74 Å². The monoisotopic (exact) mass is 456 g/mol. The molecule has 0 radical (unpaired) electrons. The highest BCUT2D eigenvalue weighted by Gasteiger charge is 2.34. The Morgan fingerprint density at radius 1 is 1.00 bits per heavy atom. The van der Waals surface area contributed by atoms with Crippen LogP contribution in [0.25, 0.3) is 0 Å². The Hall–Kier alpha value is -3.46. The highest BCUT2D eigenvalue weighted by Crippen LogP contribution is 2.29. The molecule has 2 heterocycles. The maximum atomic E-state index is 13.4. The van der Waals surface area contributed by atoms with E-state index in [9.17, 15) is 18.4 Å². The first-order valence-electron chi connectivity index (χ1n) is 10.9. The van der Waals surface area contributed by atoms with Crippen molar-refractivity contribution in [1.82, 2.24) is 15.5 Å². The van der Waals surface area contributed by atoms with E-state index < -0.39 is 23.9 Å². The second-order valence-corrected chi connectivity index (χ2v) is 7.94. The van der Waals surface area contributed by atoms with E-state index in [1.807, 2.05) is 0 Å². The predicted molar refractivity (Wildman–Crippen MR) is 120 cm³/mol. The summed E-state index contributed by atoms with van der Waals surface area (Å²) in [6.07, 6.45) is 0. The smallest absolute Gasteiger partial charge is 0.338 e. The number of hydrogen-bond acceptors (Lipinski definition) is 5. The van der Waals surface area contributed by atoms with Gasteiger partial charge in [-0.25, -0.2) is 18.4 Å². The van der Waals surface area contributed by atoms with Crippen LogP contribution in [-0.4, -0.2) is 56.2 Å². The summed E-state index contributed by atoms with van der Waals surface area (Å²) in [5, 5.41) is 5.52. The topological polar surface area (TPSA) is 73.9 Å². The molecule has 0 bridgehead atoms. The average Bonchev–Trinajstić information content (AvgIpc) is 2.80. The molecule has 4 rings (SSSR count). The van der Waals surface area contributed by atoms with Crippen LogP contribution in [0.15, 0.2) is 59.8 Å². The zero-order valence-electron chi connectivity index (χ0n) is 18.3. The molecule has 0 aliphatic carbocycles. The number of halogens is 2. The normalized spacial score (nSPS) is 19.2. The van der Waals surface area contributed by atoms with Crippen LogP contribution in [0.5, 0.6) is 0 Å². The number of nitrogens with one attached hydrogen (secondary N) is 2. The predicted octanol–water partition coefficient (Wildman–Crippen LogP) is 2.96. The third-order valence-electron chi connectivity index (χ3n) is 5.80. The van der Waals surface area contributed by atoms with E-state index in [0.717, 1.165) is 18.8 Å². The van der Waals surface area contributed by atoms with E-state index in [0.29, 0.717) is 36.5 Å². The number of carbonyl (C=O) groups is 2. The molecule has 1 atom stereocenters. The van der Waals surface area contributed by atoms with Crippen molar-refractivity contribution in [2.75, 3.05) is 44.2 Å². The fourth-order valence-electron chi connectivity index (χ4n) is 4.14. The molecule has 7 nitrogen and oxygen atoms in total. The van der Waals surface area contributed by atoms with Crippen LogP contribution in [0.4, 0.5) is 19.3 Å². The van der Waals surface area contributed by atoms with E-state index in [1.165, 1.54) is 24.3 Å². The van der Waals surface area contributed by atoms with Gasteiger partial charge in [0.1, 0.15) is 11.6 Å². The molecule has 0 saturated carbocycles. The number of benzene rings is 2. The molecule has 2 aromatic carbocycles. The Morgan fingerprint density at radius 2 is 1.61 bits per heavy atom. The van der Waals surface area contributed by atoms with Gasteiger partial charge in [0.25, 0.3) is 0 Å². The number of anilines is 1. The molecule has 2 aromatic rings. The number of piperazine rings is 1. The van der Waals surface area contributed by atoms with Crippen molar-refractivity contribution < 1.29 is 23.1 Å². The zero-order chi connectivity index (χ0) is 23.4. The van der Waals surface area contributed by atoms with Crippen molar-refractivity contribution in [2.45, 2.75) is 13.0 Å². The fourth-order valence-corrected chi connectivity index (χ4v) is 4.14. The number of carbonyl (C=O) groups excluding carboxylic acids is 2. The molecule has 0 unspecified atom stereocenters. The molecular weight excluding hydrogens is 430 g/mol. The summed E-state index contributed by atoms with van der Waals surface area (Å²) in [4.78, 5) is 29.6. The number of ether oxygens (including phenoxy) is 1. The third-order valence-corrected chi connectivity index (χ3v) is 5.80. The summed E-state index contributed by atoms with van der Waals surface area (Å²) < 4.78 is 31.9. The van der Waals surface area contributed by atoms with Crippen LogP contribution in [0.2, 0.25) is 0 Å². The van der Waals surface area contributed by atoms with Gasteiger partial charge < -0.3 is 20.3 Å². The number of urea groups is 1. The highest BCUT2D eigenvalue weighted by molar-refractivity contribution is 5.95. The van der Waals surface area contributed by atoms with Gasteiger partial charge in [0.2, 0.25) is 0 Å². The minimum Gasteiger partial charge on any atom is -0.463 e. The van der Waals surface area contributed by atoms with E-state index in [2.05, 4.69) is 20.4 Å². The van der Waals surface area contributed by atoms with Gasteiger partial charge in [-0.1, -0.05) is 12.1 Å². The minimum atomic E-state index is -0.742. The largest absolute Gasteiger partial charge is 0.463 e. The molecule has 2 amide bonds. The number of esters is 1. The van der Waals surface area contributed by atoms with Crippen molar-refractivity contribution in [2.24, 2.45) is 0 Å². The van der Waals surface area contributed by atoms with E-state index in [1.54, 1.807) is 31.2 Å². The summed E-state index contributed by atoms with van der Waals surface area (Å²) in [7, 11) is 0. The van der Waals surface area contributed by atoms with Gasteiger partial charge in [0.05, 0.1) is 18.2 Å². The molecule has 2 aliphatic heterocycles. The van der Waals surface area contributed by atoms with Gasteiger partial charge in [0, 0.05) is 44.1 Å². The lowest BCUT2D eigenvalue weighted by molar-refractivity contribution is -0.139. The standard InChI is InChI=1S/C24H26F2N4O3/c1-2-33-23(31)21-20(27-24(32)28-22(21)16-3-5-17(25)6-4-16)15-29-11-13-30(14-12-29)19-9-7-18(26)8-10-19/h3-10,22H,2,11-15H2,1H3,(H2,27,28,32)/t22-/m1/s1. The lowest BCUT2D eigenvalue weighted by atomic mass is 9.95. The Kier molecular flexibility index (Phi) is 6.88. The molecule has 2 aliphatic rings. The molecule has 9 heteroatoms. The zero-order valence-corrected chi connectivity index (χ0v) is 18.3. The van der Waals surface area contributed by atoms with Crippen LogP contribution in [-0.2, 0) is 9.53 Å². The second-order valence-electron chi connectivity index (χ2n) is 7.94. The Morgan fingerprint density at radius 3 is 2.21 bits per heavy atom. The summed E-state index contributed by atoms with van der Waals surface area (Å²) in [5.74, 6) is -1.20. The van der Waals surface area contributed by atoms with Gasteiger partial charge in [0.15, 0.2) is 0 Å². The van der Waals surface area contributed by atoms with Crippen LogP contribution >= 0.6 is 0 Å². The minimum absolute atomic E-state index is 0.191. The highest BCUT2D eigenvalue weighted by atomic mass is 19.1. The lowest BCUT2D eigenvalue weighted by Gasteiger charge is -2.38. The Bertz CT molecular complexity index is 1030. The third kappa shape index (κ3) is 5.31. The number of rotatable bonds is 6. The number of nitrogens with zero attached hydrogens (tertiary/aromatic N) is 2. The quantitative estimate of drug-likeness (QED) is 0.654. The first-order chi connectivity index (χ1) is 15.9. The van der Waals surface area contributed by atoms with Crippen molar-refractivity contribution in [1.29, 1.82) is 0 Å². The SMILES string of the molecule is CCOC(=O)C1=C(CN2CCN(c3ccc(F)cc3)CC2)NC(=O)N[C@@H]1c1ccc(F)cc1. The van der Waals surface area contributed by atoms with Gasteiger partial charge in [-0.05, 0) is 48.9 Å². The van der Waals surface area contributed by atoms with Crippen molar-refractivity contribution >= 4 is 17.7 Å². The Labute approximate surface area is 191 Å². The van der Waals surface area contributed by atoms with Gasteiger partial charge >= 0.3 is 12.0 Å². The molecule has 1 fully saturated rings. The summed E-state index contributed by atoms with van der Waals surface area (Å²) in [5.41, 5.74) is 2.33. The summed E-state index contributed by atoms with van der Waals surface area (Å²) >= 11 is 0. The molecular formula is C24H26F2N4O3. The first kappa shape index (κ1) is 22.7. The lowest BCUT2D eigenvalue weighted by Crippen LogP contribution is -2.51. The van der Waals surface area contributed by atoms with Gasteiger partial charge in [-0.2, -0.15) is 0 Å². The van der Waals surface area contributed by atoms with Crippen molar-refractivity contribution in [3.63, 3.8) is 0 Å². The molecule has 0 aromatic heterocycles. The number of amides is 2. The average molecular weight is 456 g/mol. The maximum Gasteiger partial charge on any atom is 0.338 e. The van der Waals surface area contributed by atoms with Crippen molar-refractivity contribution in [3.8, 4) is 0 Å². The van der Waals surface area contributed by atoms with Crippen LogP contribution in [0.1, 0.15) is 18.5 Å². The Balaban J connectivity index is 1.54. The summed E-state index contributed by atoms with van der Waals surface area (Å²) in [6.45, 7) is 5.10. The number of hydrogen-bond donors (Lipinski definition) is 2. The van der Waals surface area contributed by atoms with Gasteiger partial charge in [-0.3, -0.25) is 4.90 Å². The second kappa shape index (κ2) is 9.99. The van der Waals surface area contributed by atoms with Crippen molar-refractivity contribution in [3.05, 3.63) is 77.0 Å². The first-order valence-corrected chi connectivity index (χ1v) is 10.9. The van der Waals surface area contributed by atoms with Crippen LogP contribution in [0.3, 0.4) is 0 Å². The molecule has 0 spiro atoms. The van der Waals surface area contributed by atoms with E-state index in [-0.39, 0.29) is 12.4 Å². The van der Waals surface area contributed by atoms with Crippen LogP contribution in [0, 0.1) is 11.6 Å². The molecule has 2 N–H and O–H groups in total. The maximum absolute atomic E-state index is 13.4.